The first-order valence-electron chi connectivity index (χ1n) is 9.81. The third-order valence-electron chi connectivity index (χ3n) is 5.09. The summed E-state index contributed by atoms with van der Waals surface area (Å²) in [6.45, 7) is 5.71. The number of carbonyl (C=O) groups excluding carboxylic acids is 2. The van der Waals surface area contributed by atoms with E-state index < -0.39 is 0 Å². The summed E-state index contributed by atoms with van der Waals surface area (Å²) in [6.07, 6.45) is 5.90. The molecule has 1 fully saturated rings. The van der Waals surface area contributed by atoms with E-state index in [-0.39, 0.29) is 24.5 Å². The minimum atomic E-state index is -0.203. The molecule has 3 rings (SSSR count). The van der Waals surface area contributed by atoms with Gasteiger partial charge in [-0.3, -0.25) is 14.7 Å². The maximum Gasteiger partial charge on any atom is 0.261 e. The van der Waals surface area contributed by atoms with Crippen molar-refractivity contribution in [3.63, 3.8) is 0 Å². The molecule has 1 atom stereocenters. The fraction of sp³-hybridized carbons (Fsp3) is 0.500. The van der Waals surface area contributed by atoms with Gasteiger partial charge >= 0.3 is 0 Å². The van der Waals surface area contributed by atoms with Crippen LogP contribution < -0.4 is 4.74 Å². The molecule has 1 aliphatic heterocycles. The molecule has 8 nitrogen and oxygen atoms in total. The molecular weight excluding hydrogens is 358 g/mol. The first-order valence-corrected chi connectivity index (χ1v) is 9.81. The smallest absolute Gasteiger partial charge is 0.261 e. The minimum absolute atomic E-state index is 0.0588. The Morgan fingerprint density at radius 2 is 2.11 bits per heavy atom. The van der Waals surface area contributed by atoms with Crippen LogP contribution in [0.5, 0.6) is 5.88 Å². The maximum atomic E-state index is 12.8. The summed E-state index contributed by atoms with van der Waals surface area (Å²) in [5.41, 5.74) is 1.25. The summed E-state index contributed by atoms with van der Waals surface area (Å²) in [7, 11) is 0. The van der Waals surface area contributed by atoms with Gasteiger partial charge in [0, 0.05) is 31.9 Å². The number of hydrogen-bond acceptors (Lipinski definition) is 5. The van der Waals surface area contributed by atoms with Crippen LogP contribution in [0.2, 0.25) is 0 Å². The van der Waals surface area contributed by atoms with Crippen LogP contribution in [0.1, 0.15) is 55.2 Å². The number of carbonyl (C=O) groups is 2. The van der Waals surface area contributed by atoms with Crippen LogP contribution >= 0.6 is 0 Å². The number of rotatable bonds is 7. The van der Waals surface area contributed by atoms with Crippen molar-refractivity contribution in [2.75, 3.05) is 26.2 Å². The molecule has 0 bridgehead atoms. The van der Waals surface area contributed by atoms with Gasteiger partial charge in [0.1, 0.15) is 0 Å². The van der Waals surface area contributed by atoms with Gasteiger partial charge in [-0.05, 0) is 39.2 Å². The molecule has 0 aromatic carbocycles. The highest BCUT2D eigenvalue weighted by Gasteiger charge is 2.33. The van der Waals surface area contributed by atoms with Crippen molar-refractivity contribution < 1.29 is 14.3 Å². The summed E-state index contributed by atoms with van der Waals surface area (Å²) < 4.78 is 5.53. The van der Waals surface area contributed by atoms with Crippen LogP contribution in [0.3, 0.4) is 0 Å². The highest BCUT2D eigenvalue weighted by Crippen LogP contribution is 2.32. The third-order valence-corrected chi connectivity index (χ3v) is 5.09. The Balaban J connectivity index is 1.76. The molecule has 1 unspecified atom stereocenters. The Kier molecular flexibility index (Phi) is 6.62. The highest BCUT2D eigenvalue weighted by molar-refractivity contribution is 5.95. The second kappa shape index (κ2) is 9.34. The van der Waals surface area contributed by atoms with Gasteiger partial charge in [-0.1, -0.05) is 6.07 Å². The molecule has 0 radical (unpaired) electrons. The summed E-state index contributed by atoms with van der Waals surface area (Å²) in [6, 6.07) is 5.12. The van der Waals surface area contributed by atoms with E-state index in [9.17, 15) is 9.59 Å². The van der Waals surface area contributed by atoms with Crippen LogP contribution in [-0.4, -0.2) is 63.0 Å². The first kappa shape index (κ1) is 19.9. The van der Waals surface area contributed by atoms with Gasteiger partial charge in [0.25, 0.3) is 11.8 Å². The maximum absolute atomic E-state index is 12.8. The number of likely N-dealkylation sites (tertiary alicyclic amines) is 1. The lowest BCUT2D eigenvalue weighted by Crippen LogP contribution is -2.42. The first-order chi connectivity index (χ1) is 13.7. The second-order valence-corrected chi connectivity index (χ2v) is 6.73. The average Bonchev–Trinajstić information content (AvgIpc) is 3.23. The monoisotopic (exact) mass is 385 g/mol. The fourth-order valence-electron chi connectivity index (χ4n) is 3.58. The molecule has 8 heteroatoms. The van der Waals surface area contributed by atoms with Gasteiger partial charge in [0.05, 0.1) is 23.5 Å². The lowest BCUT2D eigenvalue weighted by Gasteiger charge is -2.35. The molecule has 1 aliphatic rings. The Hall–Kier alpha value is -2.90. The van der Waals surface area contributed by atoms with E-state index in [1.54, 1.807) is 34.3 Å². The molecule has 2 amide bonds. The zero-order chi connectivity index (χ0) is 19.9. The quantitative estimate of drug-likeness (QED) is 0.790. The number of amides is 2. The number of pyridine rings is 1. The number of nitrogens with zero attached hydrogens (tertiary/aromatic N) is 4. The summed E-state index contributed by atoms with van der Waals surface area (Å²) in [4.78, 5) is 33.3. The van der Waals surface area contributed by atoms with Crippen molar-refractivity contribution in [1.82, 2.24) is 25.0 Å². The predicted molar refractivity (Wildman–Crippen MR) is 104 cm³/mol. The molecule has 0 aliphatic carbocycles. The average molecular weight is 385 g/mol. The van der Waals surface area contributed by atoms with E-state index in [1.165, 1.54) is 0 Å². The molecule has 2 aromatic heterocycles. The van der Waals surface area contributed by atoms with Crippen LogP contribution in [0.15, 0.2) is 30.6 Å². The number of piperidine rings is 1. The number of aromatic amines is 1. The van der Waals surface area contributed by atoms with Gasteiger partial charge in [-0.15, -0.1) is 0 Å². The zero-order valence-electron chi connectivity index (χ0n) is 16.4. The summed E-state index contributed by atoms with van der Waals surface area (Å²) in [5, 5.41) is 7.08. The Morgan fingerprint density at radius 3 is 2.82 bits per heavy atom. The van der Waals surface area contributed by atoms with Crippen LogP contribution in [0.4, 0.5) is 0 Å². The summed E-state index contributed by atoms with van der Waals surface area (Å²) >= 11 is 0. The number of ether oxygens (including phenoxy) is 1. The Bertz CT molecular complexity index is 788. The topological polar surface area (TPSA) is 91.4 Å². The normalized spacial score (nSPS) is 16.6. The number of nitrogens with one attached hydrogen (secondary N) is 1. The predicted octanol–water partition coefficient (Wildman–Crippen LogP) is 2.42. The lowest BCUT2D eigenvalue weighted by atomic mass is 9.96. The van der Waals surface area contributed by atoms with E-state index >= 15 is 0 Å². The largest absolute Gasteiger partial charge is 0.468 e. The van der Waals surface area contributed by atoms with Crippen molar-refractivity contribution in [2.45, 2.75) is 39.2 Å². The van der Waals surface area contributed by atoms with E-state index in [2.05, 4.69) is 15.2 Å². The zero-order valence-corrected chi connectivity index (χ0v) is 16.4. The van der Waals surface area contributed by atoms with Crippen LogP contribution in [-0.2, 0) is 4.79 Å². The minimum Gasteiger partial charge on any atom is -0.468 e. The van der Waals surface area contributed by atoms with Crippen molar-refractivity contribution in [1.29, 1.82) is 0 Å². The Morgan fingerprint density at radius 1 is 1.29 bits per heavy atom. The van der Waals surface area contributed by atoms with E-state index in [4.69, 9.17) is 4.74 Å². The molecule has 1 saturated heterocycles. The summed E-state index contributed by atoms with van der Waals surface area (Å²) in [5.74, 6) is 0.242. The van der Waals surface area contributed by atoms with Crippen molar-refractivity contribution >= 4 is 11.8 Å². The second-order valence-electron chi connectivity index (χ2n) is 6.73. The number of aromatic nitrogens is 3. The van der Waals surface area contributed by atoms with Gasteiger partial charge in [0.15, 0.2) is 6.61 Å². The number of hydrogen-bond donors (Lipinski definition) is 1. The molecule has 3 heterocycles. The van der Waals surface area contributed by atoms with Crippen LogP contribution in [0.25, 0.3) is 0 Å². The third kappa shape index (κ3) is 4.32. The number of H-pyrrole nitrogens is 1. The van der Waals surface area contributed by atoms with E-state index in [0.717, 1.165) is 19.3 Å². The van der Waals surface area contributed by atoms with Gasteiger partial charge in [0.2, 0.25) is 5.88 Å². The molecule has 150 valence electrons. The lowest BCUT2D eigenvalue weighted by molar-refractivity contribution is -0.137. The molecule has 1 N–H and O–H groups in total. The SMILES string of the molecule is CCN(CC)C(=O)c1cn[nH]c1C1CCCCN1C(=O)COc1ccccn1. The molecule has 0 saturated carbocycles. The van der Waals surface area contributed by atoms with Crippen LogP contribution in [0, 0.1) is 0 Å². The van der Waals surface area contributed by atoms with E-state index in [0.29, 0.717) is 36.8 Å². The van der Waals surface area contributed by atoms with Crippen molar-refractivity contribution in [3.05, 3.63) is 41.9 Å². The van der Waals surface area contributed by atoms with Crippen molar-refractivity contribution in [2.24, 2.45) is 0 Å². The van der Waals surface area contributed by atoms with Crippen molar-refractivity contribution in [3.8, 4) is 5.88 Å². The van der Waals surface area contributed by atoms with Gasteiger partial charge in [-0.2, -0.15) is 5.10 Å². The molecule has 0 spiro atoms. The van der Waals surface area contributed by atoms with Gasteiger partial charge < -0.3 is 14.5 Å². The standard InChI is InChI=1S/C20H27N5O3/c1-3-24(4-2)20(27)15-13-22-23-19(15)16-9-6-8-12-25(16)18(26)14-28-17-10-5-7-11-21-17/h5,7,10-11,13,16H,3-4,6,8-9,12,14H2,1-2H3,(H,22,23). The molecule has 2 aromatic rings. The Labute approximate surface area is 164 Å². The molecular formula is C20H27N5O3. The van der Waals surface area contributed by atoms with Gasteiger partial charge in [-0.25, -0.2) is 4.98 Å². The molecule has 28 heavy (non-hydrogen) atoms. The fourth-order valence-corrected chi connectivity index (χ4v) is 3.58. The van der Waals surface area contributed by atoms with E-state index in [1.807, 2.05) is 19.9 Å². The highest BCUT2D eigenvalue weighted by atomic mass is 16.5.